The van der Waals surface area contributed by atoms with Crippen molar-refractivity contribution in [2.75, 3.05) is 32.2 Å². The minimum atomic E-state index is -0.409. The Kier molecular flexibility index (Phi) is 4.04. The van der Waals surface area contributed by atoms with Crippen LogP contribution in [0.2, 0.25) is 0 Å². The number of ether oxygens (including phenoxy) is 1. The second-order valence-electron chi connectivity index (χ2n) is 4.58. The number of rotatable bonds is 4. The molecular formula is C13H19N3O3. The number of benzene rings is 1. The third-order valence-electron chi connectivity index (χ3n) is 3.38. The normalized spacial score (nSPS) is 17.7. The first-order valence-corrected chi connectivity index (χ1v) is 6.15. The lowest BCUT2D eigenvalue weighted by Crippen LogP contribution is -2.39. The fourth-order valence-electron chi connectivity index (χ4n) is 2.22. The minimum absolute atomic E-state index is 0.0639. The topological polar surface area (TPSA) is 87.8 Å². The van der Waals surface area contributed by atoms with E-state index in [1.54, 1.807) is 19.0 Å². The largest absolute Gasteiger partial charge is 0.482 e. The summed E-state index contributed by atoms with van der Waals surface area (Å²) in [5.74, 6) is 0.593. The van der Waals surface area contributed by atoms with E-state index in [0.29, 0.717) is 5.75 Å². The van der Waals surface area contributed by atoms with E-state index in [4.69, 9.17) is 10.5 Å². The van der Waals surface area contributed by atoms with Crippen molar-refractivity contribution in [1.29, 1.82) is 0 Å². The molecule has 1 aromatic carbocycles. The van der Waals surface area contributed by atoms with Gasteiger partial charge in [0.25, 0.3) is 5.91 Å². The van der Waals surface area contributed by atoms with Crippen molar-refractivity contribution in [3.63, 3.8) is 0 Å². The molecule has 1 aliphatic rings. The van der Waals surface area contributed by atoms with Gasteiger partial charge in [-0.2, -0.15) is 0 Å². The summed E-state index contributed by atoms with van der Waals surface area (Å²) in [7, 11) is 3.50. The fourth-order valence-corrected chi connectivity index (χ4v) is 2.22. The monoisotopic (exact) mass is 265 g/mol. The summed E-state index contributed by atoms with van der Waals surface area (Å²) in [5, 5.41) is 12.2. The fraction of sp³-hybridized carbons (Fsp3) is 0.462. The third-order valence-corrected chi connectivity index (χ3v) is 3.38. The summed E-state index contributed by atoms with van der Waals surface area (Å²) in [5.41, 5.74) is 7.51. The van der Waals surface area contributed by atoms with E-state index in [1.807, 2.05) is 18.2 Å². The summed E-state index contributed by atoms with van der Waals surface area (Å²) >= 11 is 0. The average molecular weight is 265 g/mol. The van der Waals surface area contributed by atoms with Crippen molar-refractivity contribution in [1.82, 2.24) is 5.32 Å². The van der Waals surface area contributed by atoms with Crippen molar-refractivity contribution < 1.29 is 14.6 Å². The molecule has 0 aliphatic carbocycles. The SMILES string of the molecule is CNC(c1ccc2c(c1)N(C)C(=O)CO2)C(N)CO. The summed E-state index contributed by atoms with van der Waals surface area (Å²) < 4.78 is 5.37. The van der Waals surface area contributed by atoms with E-state index in [-0.39, 0.29) is 25.2 Å². The maximum atomic E-state index is 11.6. The first kappa shape index (κ1) is 13.8. The van der Waals surface area contributed by atoms with Gasteiger partial charge in [0.2, 0.25) is 0 Å². The number of hydrogen-bond acceptors (Lipinski definition) is 5. The lowest BCUT2D eigenvalue weighted by molar-refractivity contribution is -0.120. The zero-order chi connectivity index (χ0) is 14.0. The number of carbonyl (C=O) groups is 1. The highest BCUT2D eigenvalue weighted by atomic mass is 16.5. The number of nitrogens with two attached hydrogens (primary N) is 1. The lowest BCUT2D eigenvalue weighted by Gasteiger charge is -2.28. The molecule has 0 bridgehead atoms. The standard InChI is InChI=1S/C13H19N3O3/c1-15-13(9(14)6-17)8-3-4-11-10(5-8)16(2)12(18)7-19-11/h3-5,9,13,15,17H,6-7,14H2,1-2H3. The van der Waals surface area contributed by atoms with Crippen LogP contribution in [0.15, 0.2) is 18.2 Å². The van der Waals surface area contributed by atoms with Gasteiger partial charge in [-0.3, -0.25) is 4.79 Å². The van der Waals surface area contributed by atoms with Crippen LogP contribution in [0.5, 0.6) is 5.75 Å². The van der Waals surface area contributed by atoms with Gasteiger partial charge in [0.05, 0.1) is 12.3 Å². The Morgan fingerprint density at radius 2 is 2.32 bits per heavy atom. The lowest BCUT2D eigenvalue weighted by atomic mass is 9.99. The highest BCUT2D eigenvalue weighted by Crippen LogP contribution is 2.33. The molecule has 6 heteroatoms. The Morgan fingerprint density at radius 3 is 2.95 bits per heavy atom. The average Bonchev–Trinajstić information content (AvgIpc) is 2.44. The van der Waals surface area contributed by atoms with Crippen LogP contribution >= 0.6 is 0 Å². The zero-order valence-electron chi connectivity index (χ0n) is 11.1. The molecule has 1 aromatic rings. The molecule has 1 heterocycles. The van der Waals surface area contributed by atoms with Gasteiger partial charge in [-0.15, -0.1) is 0 Å². The molecule has 4 N–H and O–H groups in total. The first-order chi connectivity index (χ1) is 9.08. The van der Waals surface area contributed by atoms with Crippen LogP contribution in [-0.2, 0) is 4.79 Å². The molecule has 2 unspecified atom stereocenters. The summed E-state index contributed by atoms with van der Waals surface area (Å²) in [6.07, 6.45) is 0. The number of hydrogen-bond donors (Lipinski definition) is 3. The minimum Gasteiger partial charge on any atom is -0.482 e. The van der Waals surface area contributed by atoms with Crippen molar-refractivity contribution in [3.05, 3.63) is 23.8 Å². The van der Waals surface area contributed by atoms with E-state index in [9.17, 15) is 9.90 Å². The molecule has 6 nitrogen and oxygen atoms in total. The molecule has 104 valence electrons. The van der Waals surface area contributed by atoms with Gasteiger partial charge in [0.1, 0.15) is 5.75 Å². The van der Waals surface area contributed by atoms with Crippen LogP contribution in [0.4, 0.5) is 5.69 Å². The molecule has 0 saturated heterocycles. The van der Waals surface area contributed by atoms with Gasteiger partial charge in [-0.1, -0.05) is 6.07 Å². The summed E-state index contributed by atoms with van der Waals surface area (Å²) in [6.45, 7) is -0.0533. The van der Waals surface area contributed by atoms with Crippen molar-refractivity contribution >= 4 is 11.6 Å². The van der Waals surface area contributed by atoms with Gasteiger partial charge in [0, 0.05) is 19.1 Å². The number of nitrogens with one attached hydrogen (secondary N) is 1. The van der Waals surface area contributed by atoms with Crippen LogP contribution in [0.25, 0.3) is 0 Å². The second-order valence-corrected chi connectivity index (χ2v) is 4.58. The molecule has 1 amide bonds. The van der Waals surface area contributed by atoms with E-state index < -0.39 is 6.04 Å². The van der Waals surface area contributed by atoms with Gasteiger partial charge < -0.3 is 25.8 Å². The number of carbonyl (C=O) groups excluding carboxylic acids is 1. The quantitative estimate of drug-likeness (QED) is 0.691. The third kappa shape index (κ3) is 2.56. The smallest absolute Gasteiger partial charge is 0.264 e. The number of aliphatic hydroxyl groups is 1. The second kappa shape index (κ2) is 5.56. The predicted octanol–water partition coefficient (Wildman–Crippen LogP) is -0.378. The van der Waals surface area contributed by atoms with Gasteiger partial charge in [-0.05, 0) is 24.7 Å². The first-order valence-electron chi connectivity index (χ1n) is 6.15. The number of nitrogens with zero attached hydrogens (tertiary/aromatic N) is 1. The van der Waals surface area contributed by atoms with Crippen molar-refractivity contribution in [2.45, 2.75) is 12.1 Å². The zero-order valence-corrected chi connectivity index (χ0v) is 11.1. The van der Waals surface area contributed by atoms with Crippen LogP contribution in [0.1, 0.15) is 11.6 Å². The molecule has 0 aromatic heterocycles. The predicted molar refractivity (Wildman–Crippen MR) is 72.2 cm³/mol. The van der Waals surface area contributed by atoms with Crippen molar-refractivity contribution in [2.24, 2.45) is 5.73 Å². The van der Waals surface area contributed by atoms with Crippen molar-refractivity contribution in [3.8, 4) is 5.75 Å². The highest BCUT2D eigenvalue weighted by Gasteiger charge is 2.25. The van der Waals surface area contributed by atoms with E-state index >= 15 is 0 Å². The van der Waals surface area contributed by atoms with E-state index in [2.05, 4.69) is 5.32 Å². The Labute approximate surface area is 112 Å². The van der Waals surface area contributed by atoms with Gasteiger partial charge in [-0.25, -0.2) is 0 Å². The number of anilines is 1. The Bertz CT molecular complexity index is 478. The van der Waals surface area contributed by atoms with Crippen LogP contribution < -0.4 is 20.7 Å². The molecule has 2 atom stereocenters. The van der Waals surface area contributed by atoms with Crippen LogP contribution in [0.3, 0.4) is 0 Å². The van der Waals surface area contributed by atoms with Gasteiger partial charge in [0.15, 0.2) is 6.61 Å². The Hall–Kier alpha value is -1.63. The molecule has 0 fully saturated rings. The summed E-state index contributed by atoms with van der Waals surface area (Å²) in [4.78, 5) is 13.2. The van der Waals surface area contributed by atoms with Gasteiger partial charge >= 0.3 is 0 Å². The summed E-state index contributed by atoms with van der Waals surface area (Å²) in [6, 6.07) is 4.99. The Balaban J connectivity index is 2.36. The van der Waals surface area contributed by atoms with Crippen LogP contribution in [0, 0.1) is 0 Å². The number of fused-ring (bicyclic) bond motifs is 1. The maximum absolute atomic E-state index is 11.6. The number of amides is 1. The molecule has 0 spiro atoms. The molecule has 0 radical (unpaired) electrons. The molecule has 19 heavy (non-hydrogen) atoms. The van der Waals surface area contributed by atoms with Crippen LogP contribution in [-0.4, -0.2) is 44.4 Å². The number of aliphatic hydroxyl groups excluding tert-OH is 1. The maximum Gasteiger partial charge on any atom is 0.264 e. The highest BCUT2D eigenvalue weighted by molar-refractivity contribution is 5.97. The van der Waals surface area contributed by atoms with E-state index in [0.717, 1.165) is 11.3 Å². The Morgan fingerprint density at radius 1 is 1.58 bits per heavy atom. The van der Waals surface area contributed by atoms with E-state index in [1.165, 1.54) is 0 Å². The molecule has 0 saturated carbocycles. The molecular weight excluding hydrogens is 246 g/mol. The molecule has 1 aliphatic heterocycles. The molecule has 2 rings (SSSR count). The number of likely N-dealkylation sites (N-methyl/N-ethyl adjacent to an activating group) is 2.